The van der Waals surface area contributed by atoms with E-state index in [0.29, 0.717) is 22.9 Å². The molecular weight excluding hydrogens is 514 g/mol. The van der Waals surface area contributed by atoms with Crippen molar-refractivity contribution in [2.45, 2.75) is 37.5 Å². The molecule has 0 spiro atoms. The van der Waals surface area contributed by atoms with Gasteiger partial charge in [-0.25, -0.2) is 13.2 Å². The zero-order valence-corrected chi connectivity index (χ0v) is 21.7. The number of ether oxygens (including phenoxy) is 2. The summed E-state index contributed by atoms with van der Waals surface area (Å²) in [4.78, 5) is 26.3. The number of carbonyl (C=O) groups excluding carboxylic acids is 2. The van der Waals surface area contributed by atoms with Gasteiger partial charge < -0.3 is 14.8 Å². The second-order valence-electron chi connectivity index (χ2n) is 8.21. The molecule has 1 amide bonds. The minimum Gasteiger partial charge on any atom is -0.494 e. The second-order valence-corrected chi connectivity index (χ2v) is 11.0. The first-order valence-electron chi connectivity index (χ1n) is 11.7. The number of fused-ring (bicyclic) bond motifs is 1. The van der Waals surface area contributed by atoms with E-state index in [1.807, 2.05) is 6.92 Å². The first kappa shape index (κ1) is 26.2. The fraction of sp³-hybridized carbons (Fsp3) is 0.269. The van der Waals surface area contributed by atoms with Gasteiger partial charge in [0.15, 0.2) is 6.61 Å². The lowest BCUT2D eigenvalue weighted by Gasteiger charge is -2.13. The van der Waals surface area contributed by atoms with Crippen LogP contribution in [0.2, 0.25) is 0 Å². The zero-order chi connectivity index (χ0) is 26.4. The molecule has 2 aromatic carbocycles. The average Bonchev–Trinajstić information content (AvgIpc) is 3.24. The molecule has 0 bridgehead atoms. The Hall–Kier alpha value is -3.88. The van der Waals surface area contributed by atoms with Gasteiger partial charge in [0.25, 0.3) is 15.9 Å². The number of hydrogen-bond donors (Lipinski definition) is 2. The third-order valence-corrected chi connectivity index (χ3v) is 8.30. The third-order valence-electron chi connectivity index (χ3n) is 5.71. The molecule has 0 unspecified atom stereocenters. The van der Waals surface area contributed by atoms with E-state index in [2.05, 4.69) is 16.1 Å². The van der Waals surface area contributed by atoms with Gasteiger partial charge in [0.05, 0.1) is 28.3 Å². The van der Waals surface area contributed by atoms with Crippen molar-refractivity contribution in [1.82, 2.24) is 0 Å². The van der Waals surface area contributed by atoms with Crippen LogP contribution in [0.1, 0.15) is 46.1 Å². The number of thiophene rings is 1. The van der Waals surface area contributed by atoms with Crippen LogP contribution in [0.3, 0.4) is 0 Å². The number of nitrogens with one attached hydrogen (secondary N) is 2. The Morgan fingerprint density at radius 1 is 1.08 bits per heavy atom. The van der Waals surface area contributed by atoms with Crippen LogP contribution in [-0.2, 0) is 32.4 Å². The summed E-state index contributed by atoms with van der Waals surface area (Å²) in [6.07, 6.45) is 3.74. The molecule has 1 heterocycles. The molecule has 1 aliphatic rings. The molecule has 0 atom stereocenters. The Balaban J connectivity index is 1.42. The lowest BCUT2D eigenvalue weighted by atomic mass is 9.96. The van der Waals surface area contributed by atoms with E-state index >= 15 is 0 Å². The lowest BCUT2D eigenvalue weighted by molar-refractivity contribution is -0.119. The van der Waals surface area contributed by atoms with Crippen molar-refractivity contribution in [2.24, 2.45) is 0 Å². The Morgan fingerprint density at radius 3 is 2.54 bits per heavy atom. The highest BCUT2D eigenvalue weighted by atomic mass is 32.2. The van der Waals surface area contributed by atoms with Gasteiger partial charge in [-0.3, -0.25) is 9.52 Å². The number of benzene rings is 2. The molecule has 192 valence electrons. The molecule has 4 rings (SSSR count). The fourth-order valence-corrected chi connectivity index (χ4v) is 6.31. The van der Waals surface area contributed by atoms with Gasteiger partial charge in [-0.15, -0.1) is 11.3 Å². The summed E-state index contributed by atoms with van der Waals surface area (Å²) in [6.45, 7) is 1.68. The highest BCUT2D eigenvalue weighted by molar-refractivity contribution is 7.92. The first-order chi connectivity index (χ1) is 17.8. The number of sulfonamides is 1. The molecule has 1 aromatic heterocycles. The van der Waals surface area contributed by atoms with Gasteiger partial charge in [-0.1, -0.05) is 12.1 Å². The normalized spacial score (nSPS) is 12.6. The Kier molecular flexibility index (Phi) is 8.11. The Bertz CT molecular complexity index is 1460. The monoisotopic (exact) mass is 539 g/mol. The highest BCUT2D eigenvalue weighted by Gasteiger charge is 2.23. The number of amides is 1. The standard InChI is InChI=1S/C26H25N3O6S2/c1-2-34-17-11-13-18(14-12-17)37(32,33)29-22-9-5-3-8-20(22)26(31)35-16-24(30)28-25-21(15-27)19-7-4-6-10-23(19)36-25/h3,5,8-9,11-14,29H,2,4,6-7,10,16H2,1H3,(H,28,30). The van der Waals surface area contributed by atoms with E-state index in [9.17, 15) is 23.3 Å². The third kappa shape index (κ3) is 6.10. The van der Waals surface area contributed by atoms with Crippen molar-refractivity contribution < 1.29 is 27.5 Å². The second kappa shape index (κ2) is 11.5. The van der Waals surface area contributed by atoms with E-state index in [4.69, 9.17) is 9.47 Å². The van der Waals surface area contributed by atoms with Gasteiger partial charge in [0.1, 0.15) is 16.8 Å². The molecule has 37 heavy (non-hydrogen) atoms. The maximum Gasteiger partial charge on any atom is 0.340 e. The van der Waals surface area contributed by atoms with Crippen LogP contribution in [0.4, 0.5) is 10.7 Å². The van der Waals surface area contributed by atoms with E-state index in [1.54, 1.807) is 24.3 Å². The number of nitriles is 1. The van der Waals surface area contributed by atoms with Crippen LogP contribution in [0.15, 0.2) is 53.4 Å². The summed E-state index contributed by atoms with van der Waals surface area (Å²) in [6, 6.07) is 14.0. The van der Waals surface area contributed by atoms with Crippen LogP contribution in [0, 0.1) is 11.3 Å². The van der Waals surface area contributed by atoms with Crippen molar-refractivity contribution in [3.63, 3.8) is 0 Å². The molecule has 3 aromatic rings. The van der Waals surface area contributed by atoms with Crippen LogP contribution in [0.5, 0.6) is 5.75 Å². The predicted octanol–water partition coefficient (Wildman–Crippen LogP) is 4.49. The number of nitrogens with zero attached hydrogens (tertiary/aromatic N) is 1. The number of hydrogen-bond acceptors (Lipinski definition) is 8. The van der Waals surface area contributed by atoms with Crippen LogP contribution in [0.25, 0.3) is 0 Å². The van der Waals surface area contributed by atoms with Gasteiger partial charge in [-0.2, -0.15) is 5.26 Å². The van der Waals surface area contributed by atoms with Crippen molar-refractivity contribution in [3.8, 4) is 11.8 Å². The molecule has 1 aliphatic carbocycles. The maximum atomic E-state index is 12.9. The summed E-state index contributed by atoms with van der Waals surface area (Å²) in [5, 5.41) is 12.7. The predicted molar refractivity (Wildman–Crippen MR) is 139 cm³/mol. The van der Waals surface area contributed by atoms with E-state index in [-0.39, 0.29) is 16.1 Å². The smallest absolute Gasteiger partial charge is 0.340 e. The van der Waals surface area contributed by atoms with Gasteiger partial charge in [0.2, 0.25) is 0 Å². The minimum absolute atomic E-state index is 0.00885. The molecule has 2 N–H and O–H groups in total. The van der Waals surface area contributed by atoms with Gasteiger partial charge in [-0.05, 0) is 74.6 Å². The number of esters is 1. The molecule has 9 nitrogen and oxygen atoms in total. The van der Waals surface area contributed by atoms with E-state index in [0.717, 1.165) is 36.1 Å². The minimum atomic E-state index is -4.00. The van der Waals surface area contributed by atoms with E-state index < -0.39 is 28.5 Å². The Labute approximate surface area is 219 Å². The van der Waals surface area contributed by atoms with Crippen molar-refractivity contribution in [3.05, 3.63) is 70.1 Å². The number of aryl methyl sites for hydroxylation is 1. The first-order valence-corrected chi connectivity index (χ1v) is 14.0. The summed E-state index contributed by atoms with van der Waals surface area (Å²) in [5.41, 5.74) is 1.42. The molecular formula is C26H25N3O6S2. The zero-order valence-electron chi connectivity index (χ0n) is 20.1. The number of carbonyl (C=O) groups is 2. The summed E-state index contributed by atoms with van der Waals surface area (Å²) in [5.74, 6) is -0.921. The van der Waals surface area contributed by atoms with E-state index in [1.165, 1.54) is 35.6 Å². The number of anilines is 2. The molecule has 0 aliphatic heterocycles. The van der Waals surface area contributed by atoms with Gasteiger partial charge in [0, 0.05) is 4.88 Å². The molecule has 0 fully saturated rings. The van der Waals surface area contributed by atoms with Crippen LogP contribution >= 0.6 is 11.3 Å². The molecule has 0 radical (unpaired) electrons. The molecule has 0 saturated carbocycles. The topological polar surface area (TPSA) is 135 Å². The van der Waals surface area contributed by atoms with Crippen molar-refractivity contribution in [1.29, 1.82) is 5.26 Å². The Morgan fingerprint density at radius 2 is 1.81 bits per heavy atom. The fourth-order valence-electron chi connectivity index (χ4n) is 3.98. The number of para-hydroxylation sites is 1. The summed E-state index contributed by atoms with van der Waals surface area (Å²) in [7, 11) is -4.00. The highest BCUT2D eigenvalue weighted by Crippen LogP contribution is 2.37. The average molecular weight is 540 g/mol. The summed E-state index contributed by atoms with van der Waals surface area (Å²) < 4.78 is 38.6. The quantitative estimate of drug-likeness (QED) is 0.383. The SMILES string of the molecule is CCOc1ccc(S(=O)(=O)Nc2ccccc2C(=O)OCC(=O)Nc2sc3c(c2C#N)CCCC3)cc1. The van der Waals surface area contributed by atoms with Crippen LogP contribution < -0.4 is 14.8 Å². The van der Waals surface area contributed by atoms with Crippen LogP contribution in [-0.4, -0.2) is 33.5 Å². The van der Waals surface area contributed by atoms with Crippen molar-refractivity contribution >= 4 is 43.9 Å². The maximum absolute atomic E-state index is 12.9. The molecule has 11 heteroatoms. The van der Waals surface area contributed by atoms with Crippen molar-refractivity contribution in [2.75, 3.05) is 23.3 Å². The number of rotatable bonds is 9. The molecule has 0 saturated heterocycles. The summed E-state index contributed by atoms with van der Waals surface area (Å²) >= 11 is 1.38. The van der Waals surface area contributed by atoms with Gasteiger partial charge >= 0.3 is 5.97 Å². The largest absolute Gasteiger partial charge is 0.494 e. The lowest BCUT2D eigenvalue weighted by Crippen LogP contribution is -2.22.